The predicted octanol–water partition coefficient (Wildman–Crippen LogP) is 4.10. The molecule has 0 fully saturated rings. The van der Waals surface area contributed by atoms with E-state index < -0.39 is 18.5 Å². The number of alkyl halides is 1. The number of aromatic nitrogens is 3. The fraction of sp³-hybridized carbons (Fsp3) is 0.136. The van der Waals surface area contributed by atoms with E-state index in [1.165, 1.54) is 18.3 Å². The highest BCUT2D eigenvalue weighted by Gasteiger charge is 2.22. The summed E-state index contributed by atoms with van der Waals surface area (Å²) < 4.78 is 29.2. The van der Waals surface area contributed by atoms with Crippen LogP contribution >= 0.6 is 0 Å². The minimum atomic E-state index is -0.822. The van der Waals surface area contributed by atoms with E-state index in [1.807, 2.05) is 17.7 Å². The van der Waals surface area contributed by atoms with Crippen LogP contribution in [0.15, 0.2) is 67.1 Å². The van der Waals surface area contributed by atoms with Crippen LogP contribution in [0, 0.1) is 5.82 Å². The van der Waals surface area contributed by atoms with Crippen LogP contribution in [0.2, 0.25) is 0 Å². The molecule has 0 saturated heterocycles. The Morgan fingerprint density at radius 3 is 2.66 bits per heavy atom. The van der Waals surface area contributed by atoms with E-state index >= 15 is 0 Å². The molecule has 0 aliphatic heterocycles. The van der Waals surface area contributed by atoms with E-state index in [-0.39, 0.29) is 11.6 Å². The van der Waals surface area contributed by atoms with Crippen LogP contribution < -0.4 is 5.32 Å². The summed E-state index contributed by atoms with van der Waals surface area (Å²) in [7, 11) is 1.87. The first kappa shape index (κ1) is 18.7. The van der Waals surface area contributed by atoms with Gasteiger partial charge in [-0.1, -0.05) is 24.3 Å². The summed E-state index contributed by atoms with van der Waals surface area (Å²) >= 11 is 0. The molecule has 1 N–H and O–H groups in total. The first-order chi connectivity index (χ1) is 14.1. The minimum absolute atomic E-state index is 0.0905. The number of imidazole rings is 1. The zero-order valence-corrected chi connectivity index (χ0v) is 15.6. The summed E-state index contributed by atoms with van der Waals surface area (Å²) in [6.45, 7) is -0.598. The lowest BCUT2D eigenvalue weighted by Crippen LogP contribution is -2.30. The Bertz CT molecular complexity index is 1170. The molecule has 1 atom stereocenters. The molecule has 5 nitrogen and oxygen atoms in total. The quantitative estimate of drug-likeness (QED) is 0.556. The fourth-order valence-electron chi connectivity index (χ4n) is 3.21. The van der Waals surface area contributed by atoms with Crippen LogP contribution in [-0.2, 0) is 13.7 Å². The van der Waals surface area contributed by atoms with Gasteiger partial charge < -0.3 is 9.88 Å². The van der Waals surface area contributed by atoms with Gasteiger partial charge in [0.2, 0.25) is 0 Å². The zero-order valence-electron chi connectivity index (χ0n) is 15.6. The van der Waals surface area contributed by atoms with Crippen LogP contribution in [0.3, 0.4) is 0 Å². The Labute approximate surface area is 166 Å². The molecule has 2 aromatic heterocycles. The lowest BCUT2D eigenvalue weighted by atomic mass is 10.0. The number of benzene rings is 2. The lowest BCUT2D eigenvalue weighted by Gasteiger charge is -2.20. The summed E-state index contributed by atoms with van der Waals surface area (Å²) in [5, 5.41) is 2.85. The summed E-state index contributed by atoms with van der Waals surface area (Å²) in [6, 6.07) is 13.7. The summed E-state index contributed by atoms with van der Waals surface area (Å²) in [5.74, 6) is -0.922. The topological polar surface area (TPSA) is 59.8 Å². The Morgan fingerprint density at radius 2 is 1.93 bits per heavy atom. The molecule has 2 aromatic carbocycles. The fourth-order valence-corrected chi connectivity index (χ4v) is 3.21. The molecule has 0 spiro atoms. The molecule has 4 rings (SSSR count). The molecule has 0 unspecified atom stereocenters. The number of carbonyl (C=O) groups excluding carboxylic acids is 1. The number of rotatable bonds is 5. The molecule has 29 heavy (non-hydrogen) atoms. The van der Waals surface area contributed by atoms with Crippen molar-refractivity contribution in [2.45, 2.75) is 12.7 Å². The highest BCUT2D eigenvalue weighted by Crippen LogP contribution is 2.24. The van der Waals surface area contributed by atoms with Gasteiger partial charge in [-0.3, -0.25) is 9.78 Å². The van der Waals surface area contributed by atoms with E-state index in [4.69, 9.17) is 0 Å². The van der Waals surface area contributed by atoms with Gasteiger partial charge in [0.25, 0.3) is 5.91 Å². The maximum absolute atomic E-state index is 14.4. The van der Waals surface area contributed by atoms with Crippen LogP contribution in [-0.4, -0.2) is 20.4 Å². The van der Waals surface area contributed by atoms with Crippen molar-refractivity contribution in [2.75, 3.05) is 0 Å². The average Bonchev–Trinajstić information content (AvgIpc) is 3.13. The molecule has 7 heteroatoms. The van der Waals surface area contributed by atoms with Gasteiger partial charge in [-0.15, -0.1) is 0 Å². The number of hydrogen-bond acceptors (Lipinski definition) is 3. The number of aryl methyl sites for hydroxylation is 1. The maximum atomic E-state index is 14.4. The predicted molar refractivity (Wildman–Crippen MR) is 105 cm³/mol. The van der Waals surface area contributed by atoms with E-state index in [0.717, 1.165) is 5.52 Å². The monoisotopic (exact) mass is 392 g/mol. The molecule has 0 aliphatic rings. The number of halogens is 2. The maximum Gasteiger partial charge on any atom is 0.252 e. The first-order valence-electron chi connectivity index (χ1n) is 9.04. The second kappa shape index (κ2) is 7.79. The summed E-state index contributed by atoms with van der Waals surface area (Å²) in [5.41, 5.74) is 3.18. The van der Waals surface area contributed by atoms with E-state index in [2.05, 4.69) is 15.3 Å². The van der Waals surface area contributed by atoms with Gasteiger partial charge in [0, 0.05) is 18.8 Å². The molecule has 0 saturated carbocycles. The Kier molecular flexibility index (Phi) is 5.03. The number of fused-ring (bicyclic) bond motifs is 1. The van der Waals surface area contributed by atoms with Crippen LogP contribution in [0.4, 0.5) is 8.78 Å². The number of pyridine rings is 1. The van der Waals surface area contributed by atoms with Crippen molar-refractivity contribution in [3.63, 3.8) is 0 Å². The van der Waals surface area contributed by atoms with Gasteiger partial charge >= 0.3 is 0 Å². The normalized spacial score (nSPS) is 12.1. The number of hydrogen-bond donors (Lipinski definition) is 1. The van der Waals surface area contributed by atoms with Crippen molar-refractivity contribution in [2.24, 2.45) is 7.05 Å². The average molecular weight is 392 g/mol. The molecule has 4 aromatic rings. The molecular weight excluding hydrogens is 374 g/mol. The van der Waals surface area contributed by atoms with Crippen molar-refractivity contribution in [3.05, 3.63) is 95.3 Å². The summed E-state index contributed by atoms with van der Waals surface area (Å²) in [4.78, 5) is 21.3. The standard InChI is InChI=1S/C22H18F2N4O/c1-28-13-26-18-11-16(8-9-19(18)28)22(29)27-20(21-17(24)3-2-10-25-21)15-6-4-14(12-23)5-7-15/h2-11,13,20H,12H2,1H3,(H,27,29)/t20-/m0/s1. The second-order valence-electron chi connectivity index (χ2n) is 6.71. The van der Waals surface area contributed by atoms with Crippen LogP contribution in [0.1, 0.15) is 33.2 Å². The second-order valence-corrected chi connectivity index (χ2v) is 6.71. The molecule has 2 heterocycles. The van der Waals surface area contributed by atoms with Gasteiger partial charge in [-0.25, -0.2) is 13.8 Å². The highest BCUT2D eigenvalue weighted by molar-refractivity contribution is 5.97. The SMILES string of the molecule is Cn1cnc2cc(C(=O)N[C@@H](c3ccc(CF)cc3)c3ncccc3F)ccc21. The highest BCUT2D eigenvalue weighted by atomic mass is 19.1. The van der Waals surface area contributed by atoms with Crippen LogP contribution in [0.25, 0.3) is 11.0 Å². The molecule has 0 bridgehead atoms. The van der Waals surface area contributed by atoms with E-state index in [9.17, 15) is 13.6 Å². The number of carbonyl (C=O) groups is 1. The third-order valence-corrected chi connectivity index (χ3v) is 4.79. The van der Waals surface area contributed by atoms with Crippen LogP contribution in [0.5, 0.6) is 0 Å². The zero-order chi connectivity index (χ0) is 20.4. The molecule has 1 amide bonds. The van der Waals surface area contributed by atoms with Gasteiger partial charge in [-0.2, -0.15) is 0 Å². The number of nitrogens with one attached hydrogen (secondary N) is 1. The Morgan fingerprint density at radius 1 is 1.14 bits per heavy atom. The van der Waals surface area contributed by atoms with Gasteiger partial charge in [-0.05, 0) is 41.5 Å². The molecule has 146 valence electrons. The van der Waals surface area contributed by atoms with Crippen molar-refractivity contribution < 1.29 is 13.6 Å². The van der Waals surface area contributed by atoms with E-state index in [1.54, 1.807) is 42.7 Å². The molecule has 0 aliphatic carbocycles. The van der Waals surface area contributed by atoms with Gasteiger partial charge in [0.1, 0.15) is 18.2 Å². The van der Waals surface area contributed by atoms with Gasteiger partial charge in [0.05, 0.1) is 23.4 Å². The number of amides is 1. The van der Waals surface area contributed by atoms with Crippen molar-refractivity contribution in [3.8, 4) is 0 Å². The smallest absolute Gasteiger partial charge is 0.252 e. The van der Waals surface area contributed by atoms with E-state index in [0.29, 0.717) is 22.2 Å². The van der Waals surface area contributed by atoms with Crippen molar-refractivity contribution in [1.29, 1.82) is 0 Å². The third-order valence-electron chi connectivity index (χ3n) is 4.79. The Balaban J connectivity index is 1.70. The first-order valence-corrected chi connectivity index (χ1v) is 9.04. The molecular formula is C22H18F2N4O. The largest absolute Gasteiger partial charge is 0.339 e. The molecule has 0 radical (unpaired) electrons. The van der Waals surface area contributed by atoms with Crippen molar-refractivity contribution in [1.82, 2.24) is 19.9 Å². The van der Waals surface area contributed by atoms with Crippen molar-refractivity contribution >= 4 is 16.9 Å². The lowest BCUT2D eigenvalue weighted by molar-refractivity contribution is 0.0942. The van der Waals surface area contributed by atoms with Gasteiger partial charge in [0.15, 0.2) is 0 Å². The summed E-state index contributed by atoms with van der Waals surface area (Å²) in [6.07, 6.45) is 3.14. The third kappa shape index (κ3) is 3.71. The minimum Gasteiger partial charge on any atom is -0.339 e. The number of nitrogens with zero attached hydrogens (tertiary/aromatic N) is 3. The Hall–Kier alpha value is -3.61.